The number of nitrogens with zero attached hydrogens (tertiary/aromatic N) is 1. The van der Waals surface area contributed by atoms with E-state index in [0.29, 0.717) is 24.6 Å². The Hall–Kier alpha value is -2.83. The van der Waals surface area contributed by atoms with Gasteiger partial charge in [0.25, 0.3) is 0 Å². The molecule has 34 heavy (non-hydrogen) atoms. The van der Waals surface area contributed by atoms with Crippen molar-refractivity contribution in [2.75, 3.05) is 7.05 Å². The van der Waals surface area contributed by atoms with E-state index in [9.17, 15) is 9.59 Å². The summed E-state index contributed by atoms with van der Waals surface area (Å²) >= 11 is 0. The van der Waals surface area contributed by atoms with Crippen LogP contribution >= 0.6 is 0 Å². The maximum Gasteiger partial charge on any atom is 0.225 e. The molecule has 7 nitrogen and oxygen atoms in total. The van der Waals surface area contributed by atoms with Crippen LogP contribution in [0.3, 0.4) is 0 Å². The first-order valence-corrected chi connectivity index (χ1v) is 12.6. The fourth-order valence-corrected chi connectivity index (χ4v) is 4.06. The van der Waals surface area contributed by atoms with E-state index in [1.807, 2.05) is 46.0 Å². The van der Waals surface area contributed by atoms with Gasteiger partial charge in [0.05, 0.1) is 0 Å². The van der Waals surface area contributed by atoms with Crippen LogP contribution in [0.15, 0.2) is 52.1 Å². The number of amides is 2. The average molecular weight is 472 g/mol. The number of allylic oxidation sites excluding steroid dienone is 6. The van der Waals surface area contributed by atoms with Gasteiger partial charge in [-0.25, -0.2) is 0 Å². The van der Waals surface area contributed by atoms with Crippen LogP contribution < -0.4 is 22.1 Å². The Labute approximate surface area is 205 Å². The van der Waals surface area contributed by atoms with E-state index in [1.165, 1.54) is 0 Å². The maximum absolute atomic E-state index is 12.1. The molecule has 1 aliphatic carbocycles. The van der Waals surface area contributed by atoms with Crippen molar-refractivity contribution in [1.29, 1.82) is 0 Å². The first-order chi connectivity index (χ1) is 16.2. The molecule has 1 rings (SSSR count). The number of carbonyl (C=O) groups excluding carboxylic acids is 2. The van der Waals surface area contributed by atoms with Crippen LogP contribution in [0.2, 0.25) is 0 Å². The minimum atomic E-state index is -0.0887. The van der Waals surface area contributed by atoms with Crippen LogP contribution in [-0.4, -0.2) is 24.6 Å². The summed E-state index contributed by atoms with van der Waals surface area (Å²) in [5, 5.41) is 5.72. The molecule has 1 fully saturated rings. The summed E-state index contributed by atoms with van der Waals surface area (Å²) in [5.41, 5.74) is 16.1. The number of carbonyl (C=O) groups is 2. The number of nitrogens with two attached hydrogens (primary N) is 2. The zero-order chi connectivity index (χ0) is 25.5. The maximum atomic E-state index is 12.1. The van der Waals surface area contributed by atoms with Crippen LogP contribution in [0.25, 0.3) is 0 Å². The van der Waals surface area contributed by atoms with Gasteiger partial charge in [-0.05, 0) is 81.2 Å². The van der Waals surface area contributed by atoms with Gasteiger partial charge in [-0.15, -0.1) is 0 Å². The summed E-state index contributed by atoms with van der Waals surface area (Å²) in [7, 11) is 1.82. The fourth-order valence-electron chi connectivity index (χ4n) is 4.06. The molecule has 0 radical (unpaired) electrons. The SMILES string of the molecule is CCCC(=O)NC(/C=C\C(=NC)C1CCCC(/C(N)=C/C=C(\N)NC(=O)CCC)C1)=C(/C)CC. The van der Waals surface area contributed by atoms with Gasteiger partial charge in [-0.2, -0.15) is 0 Å². The molecule has 2 amide bonds. The predicted molar refractivity (Wildman–Crippen MR) is 142 cm³/mol. The molecule has 190 valence electrons. The molecule has 0 aromatic rings. The molecule has 0 heterocycles. The summed E-state index contributed by atoms with van der Waals surface area (Å²) in [4.78, 5) is 28.4. The highest BCUT2D eigenvalue weighted by molar-refractivity contribution is 5.97. The van der Waals surface area contributed by atoms with Crippen molar-refractivity contribution < 1.29 is 9.59 Å². The lowest BCUT2D eigenvalue weighted by Crippen LogP contribution is -2.27. The molecule has 1 aliphatic rings. The zero-order valence-corrected chi connectivity index (χ0v) is 21.7. The molecule has 6 N–H and O–H groups in total. The van der Waals surface area contributed by atoms with E-state index in [2.05, 4.69) is 22.5 Å². The van der Waals surface area contributed by atoms with Crippen molar-refractivity contribution in [3.63, 3.8) is 0 Å². The quantitative estimate of drug-likeness (QED) is 0.246. The predicted octanol–water partition coefficient (Wildman–Crippen LogP) is 4.58. The summed E-state index contributed by atoms with van der Waals surface area (Å²) in [6.07, 6.45) is 15.0. The van der Waals surface area contributed by atoms with Crippen LogP contribution in [0, 0.1) is 11.8 Å². The number of aliphatic imine (C=N–C) groups is 1. The summed E-state index contributed by atoms with van der Waals surface area (Å²) in [6, 6.07) is 0. The Bertz CT molecular complexity index is 836. The summed E-state index contributed by atoms with van der Waals surface area (Å²) in [5.74, 6) is 0.791. The van der Waals surface area contributed by atoms with Crippen LogP contribution in [-0.2, 0) is 9.59 Å². The normalized spacial score (nSPS) is 20.8. The average Bonchev–Trinajstić information content (AvgIpc) is 2.82. The number of hydrogen-bond acceptors (Lipinski definition) is 5. The standard InChI is InChI=1S/C27H45N5O2/c1-6-10-26(33)31-23(19(4)8-3)15-16-24(30-5)21-13-9-12-20(18-21)22(28)14-17-25(29)32-27(34)11-7-2/h14-17,20-21H,6-13,18,28-29H2,1-5H3,(H,31,33)(H,32,34)/b16-15-,22-14-,23-19-,25-17+,30-24?. The number of rotatable bonds is 12. The Morgan fingerprint density at radius 3 is 2.15 bits per heavy atom. The van der Waals surface area contributed by atoms with E-state index in [4.69, 9.17) is 11.5 Å². The van der Waals surface area contributed by atoms with Gasteiger partial charge in [-0.3, -0.25) is 14.6 Å². The van der Waals surface area contributed by atoms with E-state index in [-0.39, 0.29) is 17.7 Å². The summed E-state index contributed by atoms with van der Waals surface area (Å²) in [6.45, 7) is 8.08. The zero-order valence-electron chi connectivity index (χ0n) is 21.7. The van der Waals surface area contributed by atoms with E-state index in [0.717, 1.165) is 67.6 Å². The van der Waals surface area contributed by atoms with Crippen LogP contribution in [0.1, 0.15) is 85.5 Å². The molecule has 0 spiro atoms. The molecule has 0 aromatic carbocycles. The van der Waals surface area contributed by atoms with Gasteiger partial charge in [0.1, 0.15) is 5.82 Å². The van der Waals surface area contributed by atoms with Gasteiger partial charge < -0.3 is 22.1 Å². The molecular weight excluding hydrogens is 426 g/mol. The van der Waals surface area contributed by atoms with Gasteiger partial charge in [0.15, 0.2) is 0 Å². The van der Waals surface area contributed by atoms with Crippen molar-refractivity contribution in [3.8, 4) is 0 Å². The molecule has 2 atom stereocenters. The third kappa shape index (κ3) is 10.4. The summed E-state index contributed by atoms with van der Waals surface area (Å²) < 4.78 is 0. The van der Waals surface area contributed by atoms with Crippen molar-refractivity contribution in [1.82, 2.24) is 10.6 Å². The van der Waals surface area contributed by atoms with E-state index >= 15 is 0 Å². The Morgan fingerprint density at radius 1 is 0.941 bits per heavy atom. The van der Waals surface area contributed by atoms with Crippen molar-refractivity contribution in [2.45, 2.75) is 85.5 Å². The molecular formula is C27H45N5O2. The second-order valence-electron chi connectivity index (χ2n) is 8.97. The first kappa shape index (κ1) is 29.2. The van der Waals surface area contributed by atoms with Crippen molar-refractivity contribution >= 4 is 17.5 Å². The Kier molecular flexibility index (Phi) is 13.7. The highest BCUT2D eigenvalue weighted by Gasteiger charge is 2.26. The first-order valence-electron chi connectivity index (χ1n) is 12.6. The van der Waals surface area contributed by atoms with Crippen molar-refractivity contribution in [2.24, 2.45) is 28.3 Å². The minimum absolute atomic E-state index is 0.0405. The molecule has 0 aromatic heterocycles. The third-order valence-corrected chi connectivity index (χ3v) is 6.20. The lowest BCUT2D eigenvalue weighted by molar-refractivity contribution is -0.121. The second kappa shape index (κ2) is 15.9. The smallest absolute Gasteiger partial charge is 0.225 e. The molecule has 7 heteroatoms. The van der Waals surface area contributed by atoms with Crippen LogP contribution in [0.4, 0.5) is 0 Å². The third-order valence-electron chi connectivity index (χ3n) is 6.20. The lowest BCUT2D eigenvalue weighted by atomic mass is 9.77. The molecule has 1 saturated carbocycles. The second-order valence-corrected chi connectivity index (χ2v) is 8.97. The molecule has 0 bridgehead atoms. The van der Waals surface area contributed by atoms with Gasteiger partial charge in [0.2, 0.25) is 11.8 Å². The van der Waals surface area contributed by atoms with Crippen molar-refractivity contribution in [3.05, 3.63) is 47.1 Å². The minimum Gasteiger partial charge on any atom is -0.402 e. The molecule has 0 aliphatic heterocycles. The lowest BCUT2D eigenvalue weighted by Gasteiger charge is -2.29. The van der Waals surface area contributed by atoms with Gasteiger partial charge >= 0.3 is 0 Å². The monoisotopic (exact) mass is 471 g/mol. The highest BCUT2D eigenvalue weighted by Crippen LogP contribution is 2.33. The fraction of sp³-hybridized carbons (Fsp3) is 0.593. The molecule has 0 saturated heterocycles. The number of nitrogens with one attached hydrogen (secondary N) is 2. The largest absolute Gasteiger partial charge is 0.402 e. The topological polar surface area (TPSA) is 123 Å². The Balaban J connectivity index is 2.90. The van der Waals surface area contributed by atoms with Gasteiger partial charge in [0, 0.05) is 42.9 Å². The van der Waals surface area contributed by atoms with Crippen LogP contribution in [0.5, 0.6) is 0 Å². The van der Waals surface area contributed by atoms with E-state index < -0.39 is 0 Å². The number of hydrogen-bond donors (Lipinski definition) is 4. The molecule has 2 unspecified atom stereocenters. The van der Waals surface area contributed by atoms with Gasteiger partial charge in [-0.1, -0.05) is 27.2 Å². The van der Waals surface area contributed by atoms with E-state index in [1.54, 1.807) is 6.08 Å². The Morgan fingerprint density at radius 2 is 1.56 bits per heavy atom. The highest BCUT2D eigenvalue weighted by atomic mass is 16.2.